The minimum atomic E-state index is -3.91. The van der Waals surface area contributed by atoms with Gasteiger partial charge in [0.25, 0.3) is 15.7 Å². The number of nitrogens with two attached hydrogens (primary N) is 1. The van der Waals surface area contributed by atoms with Crippen LogP contribution in [0.2, 0.25) is 0 Å². The summed E-state index contributed by atoms with van der Waals surface area (Å²) < 4.78 is 27.0. The van der Waals surface area contributed by atoms with Crippen molar-refractivity contribution >= 4 is 27.1 Å². The quantitative estimate of drug-likeness (QED) is 0.511. The van der Waals surface area contributed by atoms with Crippen LogP contribution in [0.5, 0.6) is 0 Å². The Morgan fingerprint density at radius 3 is 2.33 bits per heavy atom. The molecule has 0 unspecified atom stereocenters. The summed E-state index contributed by atoms with van der Waals surface area (Å²) in [5.41, 5.74) is 6.21. The molecule has 0 spiro atoms. The number of nitrogens with one attached hydrogen (secondary N) is 1. The molecule has 7 nitrogen and oxygen atoms in total. The van der Waals surface area contributed by atoms with Crippen molar-refractivity contribution in [3.8, 4) is 0 Å². The Labute approximate surface area is 121 Å². The van der Waals surface area contributed by atoms with Crippen LogP contribution >= 0.6 is 0 Å². The normalized spacial score (nSPS) is 11.1. The van der Waals surface area contributed by atoms with Gasteiger partial charge in [-0.05, 0) is 37.3 Å². The number of rotatable bonds is 4. The average molecular weight is 307 g/mol. The van der Waals surface area contributed by atoms with Crippen molar-refractivity contribution in [1.82, 2.24) is 0 Å². The summed E-state index contributed by atoms with van der Waals surface area (Å²) in [6.07, 6.45) is 0. The number of anilines is 2. The lowest BCUT2D eigenvalue weighted by Gasteiger charge is -2.10. The van der Waals surface area contributed by atoms with Crippen molar-refractivity contribution in [2.75, 3.05) is 10.5 Å². The number of nitro groups is 1. The lowest BCUT2D eigenvalue weighted by Crippen LogP contribution is -2.14. The Hall–Kier alpha value is -2.61. The topological polar surface area (TPSA) is 115 Å². The molecule has 0 aliphatic heterocycles. The van der Waals surface area contributed by atoms with Crippen molar-refractivity contribution in [3.63, 3.8) is 0 Å². The number of benzene rings is 2. The van der Waals surface area contributed by atoms with Crippen LogP contribution in [-0.4, -0.2) is 13.3 Å². The van der Waals surface area contributed by atoms with Gasteiger partial charge >= 0.3 is 0 Å². The van der Waals surface area contributed by atoms with Gasteiger partial charge in [-0.15, -0.1) is 0 Å². The van der Waals surface area contributed by atoms with E-state index in [1.165, 1.54) is 37.3 Å². The van der Waals surface area contributed by atoms with E-state index in [1.807, 2.05) is 0 Å². The molecule has 0 bridgehead atoms. The third-order valence-electron chi connectivity index (χ3n) is 2.90. The number of nitrogen functional groups attached to an aromatic ring is 1. The molecule has 110 valence electrons. The van der Waals surface area contributed by atoms with Crippen molar-refractivity contribution in [2.45, 2.75) is 11.8 Å². The fourth-order valence-electron chi connectivity index (χ4n) is 1.85. The third-order valence-corrected chi connectivity index (χ3v) is 4.43. The van der Waals surface area contributed by atoms with E-state index in [0.29, 0.717) is 11.4 Å². The summed E-state index contributed by atoms with van der Waals surface area (Å²) in [4.78, 5) is 10.1. The Balaban J connectivity index is 2.42. The third kappa shape index (κ3) is 3.11. The van der Waals surface area contributed by atoms with Crippen molar-refractivity contribution in [2.24, 2.45) is 0 Å². The van der Waals surface area contributed by atoms with Crippen LogP contribution in [0.4, 0.5) is 17.1 Å². The number of sulfonamides is 1. The minimum Gasteiger partial charge on any atom is -0.399 e. The van der Waals surface area contributed by atoms with Gasteiger partial charge in [-0.25, -0.2) is 8.42 Å². The minimum absolute atomic E-state index is 0.0884. The van der Waals surface area contributed by atoms with E-state index in [1.54, 1.807) is 12.1 Å². The molecule has 0 aliphatic rings. The van der Waals surface area contributed by atoms with E-state index >= 15 is 0 Å². The first-order valence-electron chi connectivity index (χ1n) is 5.93. The molecule has 0 amide bonds. The molecule has 0 radical (unpaired) electrons. The fourth-order valence-corrected chi connectivity index (χ4v) is 3.17. The van der Waals surface area contributed by atoms with E-state index in [2.05, 4.69) is 4.72 Å². The summed E-state index contributed by atoms with van der Waals surface area (Å²) in [5, 5.41) is 10.9. The smallest absolute Gasteiger partial charge is 0.273 e. The van der Waals surface area contributed by atoms with Gasteiger partial charge in [-0.2, -0.15) is 0 Å². The largest absolute Gasteiger partial charge is 0.399 e. The van der Waals surface area contributed by atoms with Gasteiger partial charge in [0.2, 0.25) is 0 Å². The van der Waals surface area contributed by atoms with Crippen LogP contribution in [0, 0.1) is 17.0 Å². The van der Waals surface area contributed by atoms with Gasteiger partial charge in [0.1, 0.15) is 0 Å². The number of hydrogen-bond acceptors (Lipinski definition) is 5. The van der Waals surface area contributed by atoms with Gasteiger partial charge < -0.3 is 5.73 Å². The number of nitrogens with zero attached hydrogens (tertiary/aromatic N) is 1. The van der Waals surface area contributed by atoms with Gasteiger partial charge in [-0.1, -0.05) is 6.07 Å². The Bertz CT molecular complexity index is 786. The average Bonchev–Trinajstić information content (AvgIpc) is 2.41. The zero-order valence-corrected chi connectivity index (χ0v) is 11.9. The zero-order chi connectivity index (χ0) is 15.6. The monoisotopic (exact) mass is 307 g/mol. The highest BCUT2D eigenvalue weighted by Gasteiger charge is 2.22. The van der Waals surface area contributed by atoms with Crippen LogP contribution in [-0.2, 0) is 10.0 Å². The molecular weight excluding hydrogens is 294 g/mol. The Morgan fingerprint density at radius 2 is 1.76 bits per heavy atom. The summed E-state index contributed by atoms with van der Waals surface area (Å²) in [6, 6.07) is 10.1. The Kier molecular flexibility index (Phi) is 3.81. The van der Waals surface area contributed by atoms with E-state index in [9.17, 15) is 18.5 Å². The number of nitro benzene ring substituents is 1. The van der Waals surface area contributed by atoms with Gasteiger partial charge in [0.15, 0.2) is 0 Å². The standard InChI is InChI=1S/C13H13N3O4S/c1-9-12(16(17)18)3-2-4-13(9)21(19,20)15-11-7-5-10(14)6-8-11/h2-8,15H,14H2,1H3. The first-order valence-corrected chi connectivity index (χ1v) is 7.42. The van der Waals surface area contributed by atoms with Crippen molar-refractivity contribution < 1.29 is 13.3 Å². The molecule has 2 aromatic rings. The van der Waals surface area contributed by atoms with Crippen LogP contribution < -0.4 is 10.5 Å². The molecule has 2 aromatic carbocycles. The van der Waals surface area contributed by atoms with Crippen molar-refractivity contribution in [3.05, 3.63) is 58.1 Å². The first kappa shape index (κ1) is 14.8. The summed E-state index contributed by atoms with van der Waals surface area (Å²) in [5.74, 6) is 0. The maximum Gasteiger partial charge on any atom is 0.273 e. The van der Waals surface area contributed by atoms with Gasteiger partial charge in [0.05, 0.1) is 9.82 Å². The lowest BCUT2D eigenvalue weighted by atomic mass is 10.2. The highest BCUT2D eigenvalue weighted by molar-refractivity contribution is 7.92. The second-order valence-electron chi connectivity index (χ2n) is 4.38. The van der Waals surface area contributed by atoms with Crippen LogP contribution in [0.25, 0.3) is 0 Å². The van der Waals surface area contributed by atoms with Crippen LogP contribution in [0.1, 0.15) is 5.56 Å². The lowest BCUT2D eigenvalue weighted by molar-refractivity contribution is -0.385. The SMILES string of the molecule is Cc1c([N+](=O)[O-])cccc1S(=O)(=O)Nc1ccc(N)cc1. The molecule has 0 heterocycles. The van der Waals surface area contributed by atoms with Gasteiger partial charge in [-0.3, -0.25) is 14.8 Å². The molecule has 21 heavy (non-hydrogen) atoms. The zero-order valence-electron chi connectivity index (χ0n) is 11.1. The maximum atomic E-state index is 12.3. The fraction of sp³-hybridized carbons (Fsp3) is 0.0769. The molecule has 8 heteroatoms. The van der Waals surface area contributed by atoms with E-state index in [0.717, 1.165) is 0 Å². The van der Waals surface area contributed by atoms with E-state index < -0.39 is 14.9 Å². The predicted octanol–water partition coefficient (Wildman–Crippen LogP) is 2.29. The van der Waals surface area contributed by atoms with E-state index in [-0.39, 0.29) is 16.1 Å². The summed E-state index contributed by atoms with van der Waals surface area (Å²) in [7, 11) is -3.91. The second-order valence-corrected chi connectivity index (χ2v) is 6.04. The van der Waals surface area contributed by atoms with Crippen LogP contribution in [0.3, 0.4) is 0 Å². The van der Waals surface area contributed by atoms with Crippen LogP contribution in [0.15, 0.2) is 47.4 Å². The summed E-state index contributed by atoms with van der Waals surface area (Å²) in [6.45, 7) is 1.40. The molecular formula is C13H13N3O4S. The molecule has 0 saturated heterocycles. The maximum absolute atomic E-state index is 12.3. The van der Waals surface area contributed by atoms with Gasteiger partial charge in [0, 0.05) is 23.0 Å². The number of hydrogen-bond donors (Lipinski definition) is 2. The molecule has 0 atom stereocenters. The molecule has 0 aliphatic carbocycles. The highest BCUT2D eigenvalue weighted by atomic mass is 32.2. The van der Waals surface area contributed by atoms with E-state index in [4.69, 9.17) is 5.73 Å². The molecule has 0 saturated carbocycles. The molecule has 0 fully saturated rings. The Morgan fingerprint density at radius 1 is 1.14 bits per heavy atom. The molecule has 0 aromatic heterocycles. The second kappa shape index (κ2) is 5.41. The molecule has 3 N–H and O–H groups in total. The van der Waals surface area contributed by atoms with Crippen molar-refractivity contribution in [1.29, 1.82) is 0 Å². The first-order chi connectivity index (χ1) is 9.81. The highest BCUT2D eigenvalue weighted by Crippen LogP contribution is 2.26. The summed E-state index contributed by atoms with van der Waals surface area (Å²) >= 11 is 0. The molecule has 2 rings (SSSR count). The predicted molar refractivity (Wildman–Crippen MR) is 79.5 cm³/mol.